The van der Waals surface area contributed by atoms with Gasteiger partial charge in [-0.05, 0) is 23.1 Å². The molecule has 1 saturated heterocycles. The van der Waals surface area contributed by atoms with Crippen molar-refractivity contribution < 1.29 is 4.74 Å². The van der Waals surface area contributed by atoms with Crippen LogP contribution in [0.2, 0.25) is 0 Å². The van der Waals surface area contributed by atoms with Crippen LogP contribution in [0, 0.1) is 5.41 Å². The summed E-state index contributed by atoms with van der Waals surface area (Å²) in [6, 6.07) is 8.67. The summed E-state index contributed by atoms with van der Waals surface area (Å²) < 4.78 is 6.89. The summed E-state index contributed by atoms with van der Waals surface area (Å²) in [5.41, 5.74) is 1.42. The molecule has 88 valence electrons. The molecule has 16 heavy (non-hydrogen) atoms. The van der Waals surface area contributed by atoms with Gasteiger partial charge in [0.25, 0.3) is 0 Å². The number of hydrogen-bond acceptors (Lipinski definition) is 2. The first kappa shape index (κ1) is 12.1. The smallest absolute Gasteiger partial charge is 0.134 e. The van der Waals surface area contributed by atoms with E-state index in [1.165, 1.54) is 5.56 Å². The normalized spacial score (nSPS) is 26.0. The zero-order chi connectivity index (χ0) is 11.8. The molecule has 0 aromatic heterocycles. The lowest BCUT2D eigenvalue weighted by molar-refractivity contribution is 0.0982. The molecule has 0 unspecified atom stereocenters. The van der Waals surface area contributed by atoms with Crippen molar-refractivity contribution in [1.29, 1.82) is 0 Å². The van der Waals surface area contributed by atoms with Crippen LogP contribution < -0.4 is 5.32 Å². The monoisotopic (exact) mass is 283 g/mol. The summed E-state index contributed by atoms with van der Waals surface area (Å²) in [4.78, 5) is 0. The van der Waals surface area contributed by atoms with Gasteiger partial charge in [-0.25, -0.2) is 0 Å². The molecular formula is C13H18BrNO. The number of nitrogens with one attached hydrogen (secondary N) is 1. The molecule has 2 rings (SSSR count). The highest BCUT2D eigenvalue weighted by molar-refractivity contribution is 9.10. The first-order chi connectivity index (χ1) is 7.47. The van der Waals surface area contributed by atoms with Crippen LogP contribution in [0.1, 0.15) is 32.6 Å². The van der Waals surface area contributed by atoms with Gasteiger partial charge >= 0.3 is 0 Å². The van der Waals surface area contributed by atoms with E-state index in [2.05, 4.69) is 54.2 Å². The zero-order valence-electron chi connectivity index (χ0n) is 9.96. The molecule has 1 N–H and O–H groups in total. The Balaban J connectivity index is 2.09. The number of rotatable bonds is 1. The molecule has 2 nitrogen and oxygen atoms in total. The van der Waals surface area contributed by atoms with Gasteiger partial charge in [-0.1, -0.05) is 48.8 Å². The Kier molecular flexibility index (Phi) is 3.38. The number of benzene rings is 1. The van der Waals surface area contributed by atoms with E-state index in [1.54, 1.807) is 0 Å². The predicted octanol–water partition coefficient (Wildman–Crippen LogP) is 3.48. The van der Waals surface area contributed by atoms with Gasteiger partial charge in [-0.3, -0.25) is 5.32 Å². The van der Waals surface area contributed by atoms with Crippen LogP contribution >= 0.6 is 15.9 Å². The summed E-state index contributed by atoms with van der Waals surface area (Å²) in [6.07, 6.45) is 0.0294. The highest BCUT2D eigenvalue weighted by Crippen LogP contribution is 2.30. The van der Waals surface area contributed by atoms with Crippen molar-refractivity contribution in [3.05, 3.63) is 34.3 Å². The lowest BCUT2D eigenvalue weighted by Gasteiger charge is -2.26. The molecule has 1 aromatic rings. The van der Waals surface area contributed by atoms with Crippen molar-refractivity contribution in [2.75, 3.05) is 6.61 Å². The van der Waals surface area contributed by atoms with Crippen LogP contribution in [-0.2, 0) is 4.74 Å². The Morgan fingerprint density at radius 3 is 2.69 bits per heavy atom. The van der Waals surface area contributed by atoms with E-state index in [1.807, 2.05) is 12.1 Å². The second-order valence-electron chi connectivity index (χ2n) is 5.35. The second-order valence-corrected chi connectivity index (χ2v) is 6.27. The lowest BCUT2D eigenvalue weighted by Crippen LogP contribution is -2.37. The van der Waals surface area contributed by atoms with Gasteiger partial charge in [-0.15, -0.1) is 0 Å². The van der Waals surface area contributed by atoms with Gasteiger partial charge < -0.3 is 4.74 Å². The Labute approximate surface area is 106 Å². The van der Waals surface area contributed by atoms with Crippen molar-refractivity contribution in [2.24, 2.45) is 5.41 Å². The van der Waals surface area contributed by atoms with E-state index >= 15 is 0 Å². The zero-order valence-corrected chi connectivity index (χ0v) is 11.5. The lowest BCUT2D eigenvalue weighted by atomic mass is 9.88. The molecule has 1 aliphatic rings. The van der Waals surface area contributed by atoms with Crippen LogP contribution in [-0.4, -0.2) is 12.6 Å². The first-order valence-electron chi connectivity index (χ1n) is 5.60. The van der Waals surface area contributed by atoms with E-state index in [9.17, 15) is 0 Å². The van der Waals surface area contributed by atoms with Gasteiger partial charge in [-0.2, -0.15) is 0 Å². The fraction of sp³-hybridized carbons (Fsp3) is 0.538. The van der Waals surface area contributed by atoms with Crippen LogP contribution in [0.15, 0.2) is 28.7 Å². The molecule has 1 heterocycles. The molecule has 2 atom stereocenters. The molecule has 0 radical (unpaired) electrons. The standard InChI is InChI=1S/C13H18BrNO/c1-13(2,3)11-8-16-12(15-11)9-5-4-6-10(14)7-9/h4-7,11-12,15H,8H2,1-3H3/t11-,12+/m1/s1. The summed E-state index contributed by atoms with van der Waals surface area (Å²) >= 11 is 3.48. The number of hydrogen-bond donors (Lipinski definition) is 1. The molecule has 0 bridgehead atoms. The third-order valence-corrected chi connectivity index (χ3v) is 3.47. The predicted molar refractivity (Wildman–Crippen MR) is 69.2 cm³/mol. The van der Waals surface area contributed by atoms with Crippen LogP contribution in [0.3, 0.4) is 0 Å². The molecule has 3 heteroatoms. The fourth-order valence-electron chi connectivity index (χ4n) is 1.83. The maximum Gasteiger partial charge on any atom is 0.134 e. The summed E-state index contributed by atoms with van der Waals surface area (Å²) in [7, 11) is 0. The Hall–Kier alpha value is -0.380. The highest BCUT2D eigenvalue weighted by atomic mass is 79.9. The minimum atomic E-state index is 0.0294. The Bertz CT molecular complexity index is 372. The molecule has 0 spiro atoms. The Morgan fingerprint density at radius 1 is 1.38 bits per heavy atom. The molecular weight excluding hydrogens is 266 g/mol. The molecule has 1 aromatic carbocycles. The van der Waals surface area contributed by atoms with Gasteiger partial charge in [0.15, 0.2) is 0 Å². The van der Waals surface area contributed by atoms with Gasteiger partial charge in [0.1, 0.15) is 6.23 Å². The van der Waals surface area contributed by atoms with Crippen LogP contribution in [0.5, 0.6) is 0 Å². The highest BCUT2D eigenvalue weighted by Gasteiger charge is 2.33. The molecule has 0 saturated carbocycles. The van der Waals surface area contributed by atoms with Crippen molar-refractivity contribution in [3.63, 3.8) is 0 Å². The van der Waals surface area contributed by atoms with E-state index in [0.717, 1.165) is 11.1 Å². The minimum absolute atomic E-state index is 0.0294. The second kappa shape index (κ2) is 4.47. The SMILES string of the molecule is CC(C)(C)[C@H]1CO[C@@H](c2cccc(Br)c2)N1. The van der Waals surface area contributed by atoms with Gasteiger partial charge in [0, 0.05) is 10.5 Å². The largest absolute Gasteiger partial charge is 0.357 e. The van der Waals surface area contributed by atoms with Crippen molar-refractivity contribution >= 4 is 15.9 Å². The summed E-state index contributed by atoms with van der Waals surface area (Å²) in [6.45, 7) is 7.48. The fourth-order valence-corrected chi connectivity index (χ4v) is 2.25. The van der Waals surface area contributed by atoms with Crippen LogP contribution in [0.4, 0.5) is 0 Å². The maximum absolute atomic E-state index is 5.80. The number of halogens is 1. The van der Waals surface area contributed by atoms with Crippen molar-refractivity contribution in [1.82, 2.24) is 5.32 Å². The first-order valence-corrected chi connectivity index (χ1v) is 6.39. The molecule has 1 aliphatic heterocycles. The molecule has 0 aliphatic carbocycles. The third-order valence-electron chi connectivity index (χ3n) is 2.98. The maximum atomic E-state index is 5.80. The number of ether oxygens (including phenoxy) is 1. The van der Waals surface area contributed by atoms with E-state index < -0.39 is 0 Å². The topological polar surface area (TPSA) is 21.3 Å². The minimum Gasteiger partial charge on any atom is -0.357 e. The van der Waals surface area contributed by atoms with E-state index in [0.29, 0.717) is 6.04 Å². The third kappa shape index (κ3) is 2.65. The average molecular weight is 284 g/mol. The summed E-state index contributed by atoms with van der Waals surface area (Å²) in [5, 5.41) is 3.53. The quantitative estimate of drug-likeness (QED) is 0.852. The molecule has 1 fully saturated rings. The van der Waals surface area contributed by atoms with E-state index in [4.69, 9.17) is 4.74 Å². The van der Waals surface area contributed by atoms with Crippen LogP contribution in [0.25, 0.3) is 0 Å². The summed E-state index contributed by atoms with van der Waals surface area (Å²) in [5.74, 6) is 0. The van der Waals surface area contributed by atoms with E-state index in [-0.39, 0.29) is 11.6 Å². The Morgan fingerprint density at radius 2 is 2.12 bits per heavy atom. The average Bonchev–Trinajstić information content (AvgIpc) is 2.65. The van der Waals surface area contributed by atoms with Gasteiger partial charge in [0.05, 0.1) is 6.61 Å². The van der Waals surface area contributed by atoms with Crippen molar-refractivity contribution in [3.8, 4) is 0 Å². The van der Waals surface area contributed by atoms with Crippen molar-refractivity contribution in [2.45, 2.75) is 33.0 Å². The molecule has 0 amide bonds. The van der Waals surface area contributed by atoms with Gasteiger partial charge in [0.2, 0.25) is 0 Å².